The van der Waals surface area contributed by atoms with E-state index in [9.17, 15) is 4.79 Å². The molecule has 15 heavy (non-hydrogen) atoms. The van der Waals surface area contributed by atoms with E-state index >= 15 is 0 Å². The second kappa shape index (κ2) is 4.41. The number of ether oxygens (including phenoxy) is 1. The molecule has 0 atom stereocenters. The number of hydrogen-bond acceptors (Lipinski definition) is 4. The molecule has 0 saturated carbocycles. The van der Waals surface area contributed by atoms with Crippen molar-refractivity contribution in [1.82, 2.24) is 4.98 Å². The molecule has 1 aromatic heterocycles. The van der Waals surface area contributed by atoms with Crippen molar-refractivity contribution >= 4 is 5.97 Å². The normalized spacial score (nSPS) is 9.87. The first-order chi connectivity index (χ1) is 7.36. The van der Waals surface area contributed by atoms with Gasteiger partial charge in [0.1, 0.15) is 6.61 Å². The summed E-state index contributed by atoms with van der Waals surface area (Å²) in [6, 6.07) is 9.44. The van der Waals surface area contributed by atoms with Crippen molar-refractivity contribution in [2.75, 3.05) is 0 Å². The highest BCUT2D eigenvalue weighted by Crippen LogP contribution is 2.04. The molecule has 0 saturated heterocycles. The van der Waals surface area contributed by atoms with Crippen LogP contribution in [0.5, 0.6) is 0 Å². The van der Waals surface area contributed by atoms with E-state index < -0.39 is 5.97 Å². The minimum Gasteiger partial charge on any atom is -0.455 e. The summed E-state index contributed by atoms with van der Waals surface area (Å²) in [5, 5.41) is 0. The molecule has 0 N–H and O–H groups in total. The van der Waals surface area contributed by atoms with E-state index in [4.69, 9.17) is 9.15 Å². The van der Waals surface area contributed by atoms with Gasteiger partial charge in [0.25, 0.3) is 0 Å². The van der Waals surface area contributed by atoms with Gasteiger partial charge in [-0.1, -0.05) is 30.3 Å². The van der Waals surface area contributed by atoms with E-state index in [1.165, 1.54) is 12.6 Å². The number of aromatic nitrogens is 1. The van der Waals surface area contributed by atoms with Crippen LogP contribution in [-0.4, -0.2) is 11.0 Å². The lowest BCUT2D eigenvalue weighted by Crippen LogP contribution is -2.03. The lowest BCUT2D eigenvalue weighted by molar-refractivity contribution is 0.0436. The van der Waals surface area contributed by atoms with Crippen LogP contribution in [0.3, 0.4) is 0 Å². The monoisotopic (exact) mass is 203 g/mol. The van der Waals surface area contributed by atoms with Gasteiger partial charge in [0.05, 0.1) is 6.20 Å². The summed E-state index contributed by atoms with van der Waals surface area (Å²) in [6.45, 7) is 0.236. The van der Waals surface area contributed by atoms with Gasteiger partial charge >= 0.3 is 5.97 Å². The minimum atomic E-state index is -0.503. The Bertz CT molecular complexity index is 422. The molecule has 0 aliphatic rings. The van der Waals surface area contributed by atoms with Crippen molar-refractivity contribution in [2.45, 2.75) is 6.61 Å². The SMILES string of the molecule is O=C(OCc1ccccc1)c1cnco1. The van der Waals surface area contributed by atoms with Crippen LogP contribution >= 0.6 is 0 Å². The van der Waals surface area contributed by atoms with Crippen molar-refractivity contribution in [3.8, 4) is 0 Å². The van der Waals surface area contributed by atoms with Crippen LogP contribution in [-0.2, 0) is 11.3 Å². The predicted octanol–water partition coefficient (Wildman–Crippen LogP) is 2.03. The van der Waals surface area contributed by atoms with Gasteiger partial charge in [-0.25, -0.2) is 9.78 Å². The van der Waals surface area contributed by atoms with Gasteiger partial charge < -0.3 is 9.15 Å². The Morgan fingerprint density at radius 2 is 2.13 bits per heavy atom. The molecule has 0 fully saturated rings. The maximum absolute atomic E-state index is 11.3. The molecule has 0 aliphatic carbocycles. The molecule has 0 unspecified atom stereocenters. The average molecular weight is 203 g/mol. The summed E-state index contributed by atoms with van der Waals surface area (Å²) < 4.78 is 9.80. The van der Waals surface area contributed by atoms with Crippen molar-refractivity contribution in [3.63, 3.8) is 0 Å². The van der Waals surface area contributed by atoms with Crippen LogP contribution in [0.4, 0.5) is 0 Å². The Morgan fingerprint density at radius 1 is 1.33 bits per heavy atom. The lowest BCUT2D eigenvalue weighted by Gasteiger charge is -2.01. The Labute approximate surface area is 86.5 Å². The van der Waals surface area contributed by atoms with Crippen LogP contribution in [0.25, 0.3) is 0 Å². The summed E-state index contributed by atoms with van der Waals surface area (Å²) in [7, 11) is 0. The molecule has 0 bridgehead atoms. The number of nitrogens with zero attached hydrogens (tertiary/aromatic N) is 1. The third-order valence-electron chi connectivity index (χ3n) is 1.85. The Balaban J connectivity index is 1.92. The highest BCUT2D eigenvalue weighted by Gasteiger charge is 2.10. The zero-order valence-corrected chi connectivity index (χ0v) is 7.92. The van der Waals surface area contributed by atoms with E-state index in [0.29, 0.717) is 0 Å². The highest BCUT2D eigenvalue weighted by molar-refractivity contribution is 5.85. The summed E-state index contributed by atoms with van der Waals surface area (Å²) in [6.07, 6.45) is 2.52. The number of oxazole rings is 1. The Kier molecular flexibility index (Phi) is 2.78. The number of hydrogen-bond donors (Lipinski definition) is 0. The number of carbonyl (C=O) groups is 1. The predicted molar refractivity (Wildman–Crippen MR) is 52.1 cm³/mol. The fourth-order valence-electron chi connectivity index (χ4n) is 1.11. The van der Waals surface area contributed by atoms with E-state index in [1.807, 2.05) is 30.3 Å². The molecule has 76 valence electrons. The molecule has 1 heterocycles. The third-order valence-corrected chi connectivity index (χ3v) is 1.85. The van der Waals surface area contributed by atoms with Crippen LogP contribution in [0.1, 0.15) is 16.1 Å². The summed E-state index contributed by atoms with van der Waals surface area (Å²) in [5.41, 5.74) is 0.936. The molecule has 4 nitrogen and oxygen atoms in total. The number of esters is 1. The molecule has 0 radical (unpaired) electrons. The zero-order valence-electron chi connectivity index (χ0n) is 7.92. The summed E-state index contributed by atoms with van der Waals surface area (Å²) >= 11 is 0. The van der Waals surface area contributed by atoms with Gasteiger partial charge in [-0.05, 0) is 5.56 Å². The zero-order chi connectivity index (χ0) is 10.5. The second-order valence-corrected chi connectivity index (χ2v) is 2.93. The second-order valence-electron chi connectivity index (χ2n) is 2.93. The Hall–Kier alpha value is -2.10. The van der Waals surface area contributed by atoms with E-state index in [2.05, 4.69) is 4.98 Å². The maximum Gasteiger partial charge on any atom is 0.376 e. The standard InChI is InChI=1S/C11H9NO3/c13-11(10-6-12-8-15-10)14-7-9-4-2-1-3-5-9/h1-6,8H,7H2. The highest BCUT2D eigenvalue weighted by atomic mass is 16.5. The van der Waals surface area contributed by atoms with E-state index in [1.54, 1.807) is 0 Å². The molecule has 1 aromatic carbocycles. The third kappa shape index (κ3) is 2.43. The molecule has 0 amide bonds. The molecule has 4 heteroatoms. The van der Waals surface area contributed by atoms with E-state index in [0.717, 1.165) is 5.56 Å². The van der Waals surface area contributed by atoms with Crippen LogP contribution in [0, 0.1) is 0 Å². The first-order valence-electron chi connectivity index (χ1n) is 4.46. The van der Waals surface area contributed by atoms with Crippen LogP contribution in [0.15, 0.2) is 47.3 Å². The van der Waals surface area contributed by atoms with Gasteiger partial charge in [0.2, 0.25) is 5.76 Å². The van der Waals surface area contributed by atoms with Gasteiger partial charge in [0.15, 0.2) is 6.39 Å². The summed E-state index contributed by atoms with van der Waals surface area (Å²) in [5.74, 6) is -0.387. The van der Waals surface area contributed by atoms with Gasteiger partial charge in [-0.3, -0.25) is 0 Å². The molecule has 2 rings (SSSR count). The summed E-state index contributed by atoms with van der Waals surface area (Å²) in [4.78, 5) is 15.0. The molecular weight excluding hydrogens is 194 g/mol. The topological polar surface area (TPSA) is 52.3 Å². The molecule has 0 aliphatic heterocycles. The largest absolute Gasteiger partial charge is 0.455 e. The lowest BCUT2D eigenvalue weighted by atomic mass is 10.2. The smallest absolute Gasteiger partial charge is 0.376 e. The van der Waals surface area contributed by atoms with Crippen molar-refractivity contribution in [3.05, 3.63) is 54.2 Å². The van der Waals surface area contributed by atoms with Crippen molar-refractivity contribution in [2.24, 2.45) is 0 Å². The van der Waals surface area contributed by atoms with Crippen LogP contribution < -0.4 is 0 Å². The molecular formula is C11H9NO3. The van der Waals surface area contributed by atoms with Gasteiger partial charge in [-0.15, -0.1) is 0 Å². The van der Waals surface area contributed by atoms with E-state index in [-0.39, 0.29) is 12.4 Å². The quantitative estimate of drug-likeness (QED) is 0.716. The van der Waals surface area contributed by atoms with Crippen molar-refractivity contribution < 1.29 is 13.9 Å². The van der Waals surface area contributed by atoms with Crippen LogP contribution in [0.2, 0.25) is 0 Å². The number of rotatable bonds is 3. The number of carbonyl (C=O) groups excluding carboxylic acids is 1. The first-order valence-corrected chi connectivity index (χ1v) is 4.46. The first kappa shape index (κ1) is 9.45. The fourth-order valence-corrected chi connectivity index (χ4v) is 1.11. The number of benzene rings is 1. The van der Waals surface area contributed by atoms with Crippen molar-refractivity contribution in [1.29, 1.82) is 0 Å². The van der Waals surface area contributed by atoms with Gasteiger partial charge in [-0.2, -0.15) is 0 Å². The fraction of sp³-hybridized carbons (Fsp3) is 0.0909. The average Bonchev–Trinajstić information content (AvgIpc) is 2.81. The molecule has 2 aromatic rings. The minimum absolute atomic E-state index is 0.117. The maximum atomic E-state index is 11.3. The van der Waals surface area contributed by atoms with Gasteiger partial charge in [0, 0.05) is 0 Å². The molecule has 0 spiro atoms. The Morgan fingerprint density at radius 3 is 2.80 bits per heavy atom.